The van der Waals surface area contributed by atoms with Crippen LogP contribution in [-0.2, 0) is 0 Å². The molecule has 2 heterocycles. The summed E-state index contributed by atoms with van der Waals surface area (Å²) in [5.74, 6) is 0. The van der Waals surface area contributed by atoms with Gasteiger partial charge in [-0.25, -0.2) is 18.7 Å². The molecule has 1 aromatic carbocycles. The molecule has 0 saturated carbocycles. The highest BCUT2D eigenvalue weighted by molar-refractivity contribution is 7.98. The fraction of sp³-hybridized carbons (Fsp3) is 0.133. The molecule has 0 amide bonds. The monoisotopic (exact) mass is 387 g/mol. The lowest BCUT2D eigenvalue weighted by atomic mass is 10.2. The molecule has 3 aromatic rings. The van der Waals surface area contributed by atoms with E-state index in [4.69, 9.17) is 23.2 Å². The van der Waals surface area contributed by atoms with Gasteiger partial charge in [0, 0.05) is 12.4 Å². The summed E-state index contributed by atoms with van der Waals surface area (Å²) < 4.78 is 28.0. The van der Waals surface area contributed by atoms with E-state index in [-0.39, 0.29) is 26.6 Å². The molecule has 24 heavy (non-hydrogen) atoms. The summed E-state index contributed by atoms with van der Waals surface area (Å²) >= 11 is 13.4. The Bertz CT molecular complexity index is 974. The molecule has 0 unspecified atom stereocenters. The predicted molar refractivity (Wildman–Crippen MR) is 91.9 cm³/mol. The lowest BCUT2D eigenvalue weighted by Crippen LogP contribution is -2.21. The molecule has 0 saturated heterocycles. The van der Waals surface area contributed by atoms with E-state index >= 15 is 0 Å². The number of rotatable bonds is 3. The Hall–Kier alpha value is -1.70. The zero-order chi connectivity index (χ0) is 17.4. The zero-order valence-corrected chi connectivity index (χ0v) is 14.5. The number of aromatic nitrogens is 3. The zero-order valence-electron chi connectivity index (χ0n) is 12.1. The quantitative estimate of drug-likeness (QED) is 0.480. The fourth-order valence-electron chi connectivity index (χ4n) is 2.27. The van der Waals surface area contributed by atoms with Crippen LogP contribution in [0.3, 0.4) is 0 Å². The Morgan fingerprint density at radius 1 is 1.25 bits per heavy atom. The van der Waals surface area contributed by atoms with Crippen molar-refractivity contribution in [3.63, 3.8) is 0 Å². The average molecular weight is 388 g/mol. The smallest absolute Gasteiger partial charge is 0.267 e. The first kappa shape index (κ1) is 17.1. The molecule has 0 fully saturated rings. The Morgan fingerprint density at radius 3 is 2.50 bits per heavy atom. The van der Waals surface area contributed by atoms with Gasteiger partial charge in [0.1, 0.15) is 0 Å². The molecule has 0 aliphatic heterocycles. The van der Waals surface area contributed by atoms with Gasteiger partial charge in [0.25, 0.3) is 12.0 Å². The maximum Gasteiger partial charge on any atom is 0.267 e. The summed E-state index contributed by atoms with van der Waals surface area (Å²) in [4.78, 5) is 20.8. The molecule has 0 N–H and O–H groups in total. The molecule has 124 valence electrons. The number of alkyl halides is 2. The minimum Gasteiger partial charge on any atom is -0.280 e. The van der Waals surface area contributed by atoms with E-state index in [1.807, 2.05) is 0 Å². The molecule has 0 spiro atoms. The van der Waals surface area contributed by atoms with Crippen molar-refractivity contribution in [2.45, 2.75) is 11.6 Å². The van der Waals surface area contributed by atoms with Gasteiger partial charge < -0.3 is 0 Å². The van der Waals surface area contributed by atoms with E-state index in [0.29, 0.717) is 5.16 Å². The number of fused-ring (bicyclic) bond motifs is 1. The molecule has 3 rings (SSSR count). The second kappa shape index (κ2) is 6.66. The fourth-order valence-corrected chi connectivity index (χ4v) is 3.19. The Balaban J connectivity index is 2.43. The third-order valence-electron chi connectivity index (χ3n) is 3.35. The molecular formula is C15H9Cl2F2N3OS. The number of halogens is 4. The molecule has 0 aliphatic carbocycles. The van der Waals surface area contributed by atoms with E-state index in [2.05, 4.69) is 9.97 Å². The highest BCUT2D eigenvalue weighted by atomic mass is 35.5. The first-order chi connectivity index (χ1) is 11.4. The minimum atomic E-state index is -2.83. The van der Waals surface area contributed by atoms with Crippen molar-refractivity contribution in [3.05, 3.63) is 56.6 Å². The summed E-state index contributed by atoms with van der Waals surface area (Å²) in [6.45, 7) is 0. The number of thioether (sulfide) groups is 1. The summed E-state index contributed by atoms with van der Waals surface area (Å²) in [5.41, 5.74) is -0.896. The number of hydrogen-bond acceptors (Lipinski definition) is 4. The van der Waals surface area contributed by atoms with Gasteiger partial charge in [0.2, 0.25) is 0 Å². The van der Waals surface area contributed by atoms with Gasteiger partial charge in [0.05, 0.1) is 32.2 Å². The Morgan fingerprint density at radius 2 is 1.92 bits per heavy atom. The topological polar surface area (TPSA) is 47.8 Å². The first-order valence-electron chi connectivity index (χ1n) is 6.63. The predicted octanol–water partition coefficient (Wildman–Crippen LogP) is 4.75. The summed E-state index contributed by atoms with van der Waals surface area (Å²) in [7, 11) is 0. The molecule has 9 heteroatoms. The van der Waals surface area contributed by atoms with E-state index in [0.717, 1.165) is 10.8 Å². The number of para-hydroxylation sites is 1. The van der Waals surface area contributed by atoms with E-state index in [9.17, 15) is 13.6 Å². The van der Waals surface area contributed by atoms with Crippen LogP contribution in [0.15, 0.2) is 40.5 Å². The van der Waals surface area contributed by atoms with Crippen molar-refractivity contribution in [3.8, 4) is 5.69 Å². The van der Waals surface area contributed by atoms with Crippen LogP contribution in [-0.4, -0.2) is 20.8 Å². The van der Waals surface area contributed by atoms with Gasteiger partial charge >= 0.3 is 0 Å². The second-order valence-corrected chi connectivity index (χ2v) is 6.34. The first-order valence-corrected chi connectivity index (χ1v) is 8.61. The Labute approximate surface area is 149 Å². The van der Waals surface area contributed by atoms with Crippen molar-refractivity contribution in [2.75, 3.05) is 6.26 Å². The maximum absolute atomic E-state index is 13.5. The highest BCUT2D eigenvalue weighted by Gasteiger charge is 2.20. The molecule has 0 radical (unpaired) electrons. The third-order valence-corrected chi connectivity index (χ3v) is 4.53. The van der Waals surface area contributed by atoms with Gasteiger partial charge in [-0.15, -0.1) is 0 Å². The molecule has 2 aromatic heterocycles. The van der Waals surface area contributed by atoms with E-state index < -0.39 is 17.5 Å². The van der Waals surface area contributed by atoms with Gasteiger partial charge in [-0.1, -0.05) is 41.0 Å². The van der Waals surface area contributed by atoms with Crippen LogP contribution in [0.25, 0.3) is 16.6 Å². The van der Waals surface area contributed by atoms with Crippen LogP contribution in [0.5, 0.6) is 0 Å². The average Bonchev–Trinajstić information content (AvgIpc) is 2.55. The van der Waals surface area contributed by atoms with E-state index in [1.54, 1.807) is 12.3 Å². The number of nitrogens with zero attached hydrogens (tertiary/aromatic N) is 3. The van der Waals surface area contributed by atoms with Crippen LogP contribution in [0, 0.1) is 0 Å². The van der Waals surface area contributed by atoms with Gasteiger partial charge in [-0.2, -0.15) is 0 Å². The van der Waals surface area contributed by atoms with Crippen molar-refractivity contribution in [1.82, 2.24) is 14.5 Å². The number of benzene rings is 1. The second-order valence-electron chi connectivity index (χ2n) is 4.75. The van der Waals surface area contributed by atoms with Gasteiger partial charge in [-0.3, -0.25) is 9.36 Å². The van der Waals surface area contributed by atoms with Gasteiger partial charge in [-0.05, 0) is 18.4 Å². The van der Waals surface area contributed by atoms with Crippen LogP contribution in [0.1, 0.15) is 12.0 Å². The number of pyridine rings is 1. The third kappa shape index (κ3) is 2.87. The lowest BCUT2D eigenvalue weighted by Gasteiger charge is -2.14. The van der Waals surface area contributed by atoms with E-state index in [1.165, 1.54) is 30.1 Å². The standard InChI is InChI=1S/C15H9Cl2F2N3OS/c1-24-15-20-5-7-11(21-15)8(13(18)19)6-22(14(7)23)12-9(16)3-2-4-10(12)17/h2-6,13H,1H3. The van der Waals surface area contributed by atoms with Gasteiger partial charge in [0.15, 0.2) is 5.16 Å². The molecular weight excluding hydrogens is 379 g/mol. The minimum absolute atomic E-state index is 0.0263. The van der Waals surface area contributed by atoms with Crippen LogP contribution in [0.4, 0.5) is 8.78 Å². The maximum atomic E-state index is 13.5. The molecule has 0 bridgehead atoms. The summed E-state index contributed by atoms with van der Waals surface area (Å²) in [5, 5.41) is 0.621. The Kier molecular flexibility index (Phi) is 4.76. The summed E-state index contributed by atoms with van der Waals surface area (Å²) in [6, 6.07) is 4.64. The molecule has 0 aliphatic rings. The molecule has 4 nitrogen and oxygen atoms in total. The van der Waals surface area contributed by atoms with Crippen LogP contribution in [0.2, 0.25) is 10.0 Å². The lowest BCUT2D eigenvalue weighted by molar-refractivity contribution is 0.152. The largest absolute Gasteiger partial charge is 0.280 e. The van der Waals surface area contributed by atoms with Crippen molar-refractivity contribution in [1.29, 1.82) is 0 Å². The highest BCUT2D eigenvalue weighted by Crippen LogP contribution is 2.31. The SMILES string of the molecule is CSc1ncc2c(=O)n(-c3c(Cl)cccc3Cl)cc(C(F)F)c2n1. The normalized spacial score (nSPS) is 11.4. The summed E-state index contributed by atoms with van der Waals surface area (Å²) in [6.07, 6.45) is 1.15. The van der Waals surface area contributed by atoms with Crippen LogP contribution < -0.4 is 5.56 Å². The van der Waals surface area contributed by atoms with Crippen molar-refractivity contribution in [2.24, 2.45) is 0 Å². The molecule has 0 atom stereocenters. The van der Waals surface area contributed by atoms with Crippen LogP contribution >= 0.6 is 35.0 Å². The van der Waals surface area contributed by atoms with Crippen molar-refractivity contribution < 1.29 is 8.78 Å². The number of hydrogen-bond donors (Lipinski definition) is 0. The van der Waals surface area contributed by atoms with Crippen molar-refractivity contribution >= 4 is 45.9 Å².